The lowest BCUT2D eigenvalue weighted by molar-refractivity contribution is 0.150. The molecule has 0 N–H and O–H groups in total. The first-order chi connectivity index (χ1) is 11.7. The molecule has 0 saturated heterocycles. The zero-order valence-electron chi connectivity index (χ0n) is 15.7. The topological polar surface area (TPSA) is 0 Å². The fraction of sp³-hybridized carbons (Fsp3) is 0.909. The molecule has 2 fully saturated rings. The zero-order chi connectivity index (χ0) is 17.2. The normalized spacial score (nSPS) is 31.0. The summed E-state index contributed by atoms with van der Waals surface area (Å²) in [6.45, 7) is 2.28. The summed E-state index contributed by atoms with van der Waals surface area (Å²) in [6.07, 6.45) is 19.6. The molecule has 24 heavy (non-hydrogen) atoms. The van der Waals surface area contributed by atoms with Crippen LogP contribution in [0, 0.1) is 23.7 Å². The number of hydrogen-bond acceptors (Lipinski definition) is 0. The summed E-state index contributed by atoms with van der Waals surface area (Å²) in [5.74, 6) is 2.85. The zero-order valence-corrected chi connectivity index (χ0v) is 15.7. The number of rotatable bonds is 9. The van der Waals surface area contributed by atoms with Gasteiger partial charge in [-0.25, -0.2) is 0 Å². The number of allylic oxidation sites excluding steroid dienone is 1. The Morgan fingerprint density at radius 3 is 1.88 bits per heavy atom. The average molecular weight is 341 g/mol. The van der Waals surface area contributed by atoms with Gasteiger partial charge in [0.1, 0.15) is 0 Å². The Labute approximate surface area is 148 Å². The Kier molecular flexibility index (Phi) is 9.35. The van der Waals surface area contributed by atoms with Crippen LogP contribution in [0.5, 0.6) is 0 Å². The summed E-state index contributed by atoms with van der Waals surface area (Å²) in [5, 5.41) is 0. The molecule has 2 rings (SSSR count). The Morgan fingerprint density at radius 1 is 0.750 bits per heavy atom. The molecule has 0 nitrogen and oxygen atoms in total. The minimum atomic E-state index is -1.48. The Bertz CT molecular complexity index is 343. The maximum Gasteiger partial charge on any atom is 0.266 e. The Balaban J connectivity index is 1.56. The standard InChI is InChI=1S/C22H38F2/c1-2-3-4-5-6-7-8-18-9-13-20(14-10-18)21-15-11-19(12-16-21)17-22(23)24/h17-21H,2-16H2,1H3/t18-,19-,20-,21-. The Hall–Kier alpha value is -0.400. The number of unbranched alkanes of at least 4 members (excludes halogenated alkanes) is 5. The van der Waals surface area contributed by atoms with Crippen molar-refractivity contribution in [1.29, 1.82) is 0 Å². The highest BCUT2D eigenvalue weighted by molar-refractivity contribution is 4.92. The minimum Gasteiger partial charge on any atom is -0.174 e. The summed E-state index contributed by atoms with van der Waals surface area (Å²) < 4.78 is 24.7. The molecule has 2 aliphatic carbocycles. The molecule has 2 aliphatic rings. The highest BCUT2D eigenvalue weighted by Crippen LogP contribution is 2.42. The molecule has 0 unspecified atom stereocenters. The van der Waals surface area contributed by atoms with Crippen molar-refractivity contribution in [2.75, 3.05) is 0 Å². The smallest absolute Gasteiger partial charge is 0.174 e. The van der Waals surface area contributed by atoms with Gasteiger partial charge in [-0.15, -0.1) is 0 Å². The van der Waals surface area contributed by atoms with Gasteiger partial charge in [0.05, 0.1) is 0 Å². The van der Waals surface area contributed by atoms with Gasteiger partial charge in [0.25, 0.3) is 6.08 Å². The van der Waals surface area contributed by atoms with E-state index in [2.05, 4.69) is 6.92 Å². The molecule has 0 atom stereocenters. The van der Waals surface area contributed by atoms with E-state index in [1.54, 1.807) is 0 Å². The lowest BCUT2D eigenvalue weighted by Crippen LogP contribution is -2.25. The maximum atomic E-state index is 12.4. The summed E-state index contributed by atoms with van der Waals surface area (Å²) in [5.41, 5.74) is 0. The van der Waals surface area contributed by atoms with Crippen LogP contribution >= 0.6 is 0 Å². The third-order valence-corrected chi connectivity index (χ3v) is 6.70. The molecule has 0 bridgehead atoms. The fourth-order valence-electron chi connectivity index (χ4n) is 5.12. The highest BCUT2D eigenvalue weighted by Gasteiger charge is 2.30. The van der Waals surface area contributed by atoms with E-state index in [1.807, 2.05) is 0 Å². The van der Waals surface area contributed by atoms with Crippen molar-refractivity contribution in [2.45, 2.75) is 103 Å². The molecule has 0 radical (unpaired) electrons. The first kappa shape index (κ1) is 19.9. The third-order valence-electron chi connectivity index (χ3n) is 6.70. The quantitative estimate of drug-likeness (QED) is 0.372. The molecule has 0 spiro atoms. The SMILES string of the molecule is CCCCCCCC[C@H]1CC[C@H]([C@H]2CC[C@H](C=C(F)F)CC2)CC1. The van der Waals surface area contributed by atoms with Crippen LogP contribution in [0.15, 0.2) is 12.2 Å². The van der Waals surface area contributed by atoms with Gasteiger partial charge in [-0.2, -0.15) is 8.78 Å². The molecule has 0 amide bonds. The van der Waals surface area contributed by atoms with Gasteiger partial charge < -0.3 is 0 Å². The van der Waals surface area contributed by atoms with Crippen LogP contribution in [0.3, 0.4) is 0 Å². The molecule has 2 saturated carbocycles. The second-order valence-electron chi connectivity index (χ2n) is 8.47. The third kappa shape index (κ3) is 7.23. The monoisotopic (exact) mass is 340 g/mol. The first-order valence-corrected chi connectivity index (χ1v) is 10.7. The van der Waals surface area contributed by atoms with Gasteiger partial charge in [0.15, 0.2) is 0 Å². The van der Waals surface area contributed by atoms with Crippen LogP contribution in [-0.4, -0.2) is 0 Å². The van der Waals surface area contributed by atoms with E-state index in [1.165, 1.54) is 89.5 Å². The maximum absolute atomic E-state index is 12.4. The van der Waals surface area contributed by atoms with Crippen molar-refractivity contribution in [3.05, 3.63) is 12.2 Å². The first-order valence-electron chi connectivity index (χ1n) is 10.7. The van der Waals surface area contributed by atoms with E-state index < -0.39 is 6.08 Å². The van der Waals surface area contributed by atoms with E-state index in [4.69, 9.17) is 0 Å². The molecule has 2 heteroatoms. The molecule has 0 aromatic carbocycles. The highest BCUT2D eigenvalue weighted by atomic mass is 19.3. The molecule has 0 aromatic heterocycles. The van der Waals surface area contributed by atoms with Crippen LogP contribution in [0.4, 0.5) is 8.78 Å². The molecule has 0 heterocycles. The molecule has 0 aromatic rings. The van der Waals surface area contributed by atoms with Gasteiger partial charge >= 0.3 is 0 Å². The lowest BCUT2D eigenvalue weighted by Gasteiger charge is -2.37. The molecule has 0 aliphatic heterocycles. The molecular formula is C22H38F2. The lowest BCUT2D eigenvalue weighted by atomic mass is 9.68. The van der Waals surface area contributed by atoms with E-state index in [0.717, 1.165) is 30.6 Å². The van der Waals surface area contributed by atoms with Crippen molar-refractivity contribution >= 4 is 0 Å². The van der Waals surface area contributed by atoms with Gasteiger partial charge in [-0.1, -0.05) is 64.7 Å². The van der Waals surface area contributed by atoms with E-state index in [9.17, 15) is 8.78 Å². The van der Waals surface area contributed by atoms with E-state index >= 15 is 0 Å². The molecular weight excluding hydrogens is 302 g/mol. The summed E-state index contributed by atoms with van der Waals surface area (Å²) >= 11 is 0. The second kappa shape index (κ2) is 11.3. The predicted molar refractivity (Wildman–Crippen MR) is 99.2 cm³/mol. The van der Waals surface area contributed by atoms with E-state index in [-0.39, 0.29) is 5.92 Å². The van der Waals surface area contributed by atoms with Gasteiger partial charge in [0, 0.05) is 0 Å². The largest absolute Gasteiger partial charge is 0.266 e. The molecule has 140 valence electrons. The van der Waals surface area contributed by atoms with Gasteiger partial charge in [0.2, 0.25) is 0 Å². The average Bonchev–Trinajstić information content (AvgIpc) is 2.59. The minimum absolute atomic E-state index is 0.148. The fourth-order valence-corrected chi connectivity index (χ4v) is 5.12. The van der Waals surface area contributed by atoms with Gasteiger partial charge in [-0.3, -0.25) is 0 Å². The predicted octanol–water partition coefficient (Wildman–Crippen LogP) is 8.13. The van der Waals surface area contributed by atoms with Crippen LogP contribution in [-0.2, 0) is 0 Å². The Morgan fingerprint density at radius 2 is 1.29 bits per heavy atom. The van der Waals surface area contributed by atoms with Gasteiger partial charge in [-0.05, 0) is 68.3 Å². The van der Waals surface area contributed by atoms with Crippen molar-refractivity contribution in [3.63, 3.8) is 0 Å². The summed E-state index contributed by atoms with van der Waals surface area (Å²) in [4.78, 5) is 0. The van der Waals surface area contributed by atoms with Crippen LogP contribution < -0.4 is 0 Å². The van der Waals surface area contributed by atoms with Crippen molar-refractivity contribution in [1.82, 2.24) is 0 Å². The van der Waals surface area contributed by atoms with Crippen LogP contribution in [0.1, 0.15) is 103 Å². The summed E-state index contributed by atoms with van der Waals surface area (Å²) in [7, 11) is 0. The van der Waals surface area contributed by atoms with Crippen LogP contribution in [0.25, 0.3) is 0 Å². The van der Waals surface area contributed by atoms with Crippen molar-refractivity contribution < 1.29 is 8.78 Å². The summed E-state index contributed by atoms with van der Waals surface area (Å²) in [6, 6.07) is 0. The van der Waals surface area contributed by atoms with Crippen LogP contribution in [0.2, 0.25) is 0 Å². The number of halogens is 2. The van der Waals surface area contributed by atoms with Crippen molar-refractivity contribution in [3.8, 4) is 0 Å². The number of hydrogen-bond donors (Lipinski definition) is 0. The van der Waals surface area contributed by atoms with E-state index in [0.29, 0.717) is 0 Å². The second-order valence-corrected chi connectivity index (χ2v) is 8.47. The van der Waals surface area contributed by atoms with Crippen molar-refractivity contribution in [2.24, 2.45) is 23.7 Å².